The van der Waals surface area contributed by atoms with E-state index in [1.165, 1.54) is 43.5 Å². The molecule has 0 saturated carbocycles. The number of ether oxygens (including phenoxy) is 1. The van der Waals surface area contributed by atoms with Gasteiger partial charge in [0.05, 0.1) is 17.7 Å². The maximum atomic E-state index is 12.7. The van der Waals surface area contributed by atoms with Gasteiger partial charge in [-0.2, -0.15) is 13.2 Å². The predicted molar refractivity (Wildman–Crippen MR) is 83.5 cm³/mol. The Balaban J connectivity index is 2.04. The third-order valence-electron chi connectivity index (χ3n) is 3.38. The van der Waals surface area contributed by atoms with Gasteiger partial charge in [-0.05, 0) is 31.2 Å². The number of benzene rings is 1. The summed E-state index contributed by atoms with van der Waals surface area (Å²) in [6.07, 6.45) is -3.28. The fourth-order valence-electron chi connectivity index (χ4n) is 2.20. The van der Waals surface area contributed by atoms with Crippen LogP contribution in [-0.4, -0.2) is 35.1 Å². The number of rotatable bonds is 7. The molecule has 0 aliphatic rings. The molecule has 7 nitrogen and oxygen atoms in total. The van der Waals surface area contributed by atoms with E-state index in [1.807, 2.05) is 0 Å². The van der Waals surface area contributed by atoms with Gasteiger partial charge < -0.3 is 14.1 Å². The number of furan rings is 1. The maximum absolute atomic E-state index is 12.7. The quantitative estimate of drug-likeness (QED) is 0.549. The van der Waals surface area contributed by atoms with Gasteiger partial charge in [-0.15, -0.1) is 0 Å². The van der Waals surface area contributed by atoms with E-state index in [4.69, 9.17) is 9.15 Å². The predicted octanol–water partition coefficient (Wildman–Crippen LogP) is 3.47. The summed E-state index contributed by atoms with van der Waals surface area (Å²) >= 11 is 0. The third-order valence-corrected chi connectivity index (χ3v) is 3.38. The highest BCUT2D eigenvalue weighted by Gasteiger charge is 2.33. The highest BCUT2D eigenvalue weighted by Crippen LogP contribution is 2.23. The molecule has 0 saturated heterocycles. The summed E-state index contributed by atoms with van der Waals surface area (Å²) in [6, 6.07) is 6.77. The van der Waals surface area contributed by atoms with Crippen LogP contribution in [-0.2, 0) is 11.3 Å². The van der Waals surface area contributed by atoms with E-state index in [0.717, 1.165) is 0 Å². The molecule has 2 aromatic rings. The minimum Gasteiger partial charge on any atom is -0.484 e. The van der Waals surface area contributed by atoms with Crippen molar-refractivity contribution in [1.82, 2.24) is 4.90 Å². The number of nitrogens with zero attached hydrogens (tertiary/aromatic N) is 2. The molecule has 140 valence electrons. The molecule has 0 aliphatic heterocycles. The zero-order valence-corrected chi connectivity index (χ0v) is 13.7. The van der Waals surface area contributed by atoms with Gasteiger partial charge in [0.2, 0.25) is 0 Å². The van der Waals surface area contributed by atoms with Crippen LogP contribution in [0.25, 0.3) is 0 Å². The minimum absolute atomic E-state index is 0.125. The number of carbonyl (C=O) groups excluding carboxylic acids is 1. The lowest BCUT2D eigenvalue weighted by molar-refractivity contribution is -0.385. The Kier molecular flexibility index (Phi) is 5.86. The fraction of sp³-hybridized carbons (Fsp3) is 0.312. The Morgan fingerprint density at radius 2 is 2.08 bits per heavy atom. The first-order valence-electron chi connectivity index (χ1n) is 7.40. The highest BCUT2D eigenvalue weighted by molar-refractivity contribution is 5.77. The number of hydrogen-bond donors (Lipinski definition) is 0. The summed E-state index contributed by atoms with van der Waals surface area (Å²) in [5, 5.41) is 10.8. The van der Waals surface area contributed by atoms with Crippen LogP contribution in [0, 0.1) is 17.0 Å². The van der Waals surface area contributed by atoms with Crippen LogP contribution in [0.4, 0.5) is 18.9 Å². The Morgan fingerprint density at radius 3 is 2.62 bits per heavy atom. The molecule has 26 heavy (non-hydrogen) atoms. The molecule has 1 aromatic heterocycles. The topological polar surface area (TPSA) is 85.8 Å². The van der Waals surface area contributed by atoms with Gasteiger partial charge in [0.1, 0.15) is 18.1 Å². The summed E-state index contributed by atoms with van der Waals surface area (Å²) in [6.45, 7) is -0.961. The van der Waals surface area contributed by atoms with Gasteiger partial charge in [0, 0.05) is 11.6 Å². The second kappa shape index (κ2) is 7.89. The van der Waals surface area contributed by atoms with Crippen molar-refractivity contribution in [3.05, 3.63) is 58.0 Å². The van der Waals surface area contributed by atoms with E-state index in [2.05, 4.69) is 0 Å². The number of nitro benzene ring substituents is 1. The average molecular weight is 372 g/mol. The zero-order chi connectivity index (χ0) is 19.3. The number of carbonyl (C=O) groups is 1. The largest absolute Gasteiger partial charge is 0.484 e. The normalized spacial score (nSPS) is 11.2. The molecule has 0 fully saturated rings. The second-order valence-corrected chi connectivity index (χ2v) is 5.44. The van der Waals surface area contributed by atoms with Crippen molar-refractivity contribution in [2.24, 2.45) is 0 Å². The third kappa shape index (κ3) is 5.50. The number of hydrogen-bond acceptors (Lipinski definition) is 5. The Morgan fingerprint density at radius 1 is 1.35 bits per heavy atom. The monoisotopic (exact) mass is 372 g/mol. The molecule has 0 bridgehead atoms. The number of halogens is 3. The number of aryl methyl sites for hydroxylation is 1. The molecule has 0 spiro atoms. The molecular formula is C16H15F3N2O5. The Hall–Kier alpha value is -3.04. The van der Waals surface area contributed by atoms with E-state index < -0.39 is 30.2 Å². The molecule has 0 unspecified atom stereocenters. The van der Waals surface area contributed by atoms with Gasteiger partial charge in [0.15, 0.2) is 6.61 Å². The summed E-state index contributed by atoms with van der Waals surface area (Å²) < 4.78 is 48.3. The van der Waals surface area contributed by atoms with Crippen molar-refractivity contribution in [3.63, 3.8) is 0 Å². The summed E-state index contributed by atoms with van der Waals surface area (Å²) in [4.78, 5) is 22.9. The SMILES string of the molecule is Cc1cc(OCC(=O)N(Cc2ccco2)CC(F)(F)F)ccc1[N+](=O)[O-]. The summed E-state index contributed by atoms with van der Waals surface area (Å²) in [5.74, 6) is -0.546. The van der Waals surface area contributed by atoms with Crippen molar-refractivity contribution < 1.29 is 32.0 Å². The molecule has 0 atom stereocenters. The smallest absolute Gasteiger partial charge is 0.406 e. The summed E-state index contributed by atoms with van der Waals surface area (Å²) in [7, 11) is 0. The molecule has 0 N–H and O–H groups in total. The molecule has 2 rings (SSSR count). The van der Waals surface area contributed by atoms with E-state index >= 15 is 0 Å². The van der Waals surface area contributed by atoms with Crippen LogP contribution >= 0.6 is 0 Å². The van der Waals surface area contributed by atoms with Crippen LogP contribution < -0.4 is 4.74 Å². The van der Waals surface area contributed by atoms with Crippen molar-refractivity contribution in [2.75, 3.05) is 13.2 Å². The lowest BCUT2D eigenvalue weighted by atomic mass is 10.2. The van der Waals surface area contributed by atoms with Crippen LogP contribution in [0.15, 0.2) is 41.0 Å². The van der Waals surface area contributed by atoms with Gasteiger partial charge in [-0.1, -0.05) is 0 Å². The Bertz CT molecular complexity index is 775. The molecule has 1 aromatic carbocycles. The van der Waals surface area contributed by atoms with E-state index in [1.54, 1.807) is 0 Å². The molecular weight excluding hydrogens is 357 g/mol. The highest BCUT2D eigenvalue weighted by atomic mass is 19.4. The first-order valence-corrected chi connectivity index (χ1v) is 7.40. The van der Waals surface area contributed by atoms with Crippen molar-refractivity contribution in [2.45, 2.75) is 19.6 Å². The fourth-order valence-corrected chi connectivity index (χ4v) is 2.20. The first-order chi connectivity index (χ1) is 12.2. The molecule has 0 aliphatic carbocycles. The number of amides is 1. The van der Waals surface area contributed by atoms with Gasteiger partial charge in [0.25, 0.3) is 11.6 Å². The molecule has 1 amide bonds. The van der Waals surface area contributed by atoms with Gasteiger partial charge in [-0.25, -0.2) is 0 Å². The zero-order valence-electron chi connectivity index (χ0n) is 13.7. The van der Waals surface area contributed by atoms with E-state index in [0.29, 0.717) is 10.5 Å². The van der Waals surface area contributed by atoms with Gasteiger partial charge >= 0.3 is 6.18 Å². The van der Waals surface area contributed by atoms with Crippen LogP contribution in [0.5, 0.6) is 5.75 Å². The summed E-state index contributed by atoms with van der Waals surface area (Å²) in [5.41, 5.74) is 0.183. The number of alkyl halides is 3. The van der Waals surface area contributed by atoms with Crippen molar-refractivity contribution in [1.29, 1.82) is 0 Å². The van der Waals surface area contributed by atoms with E-state index in [-0.39, 0.29) is 23.7 Å². The molecule has 0 radical (unpaired) electrons. The van der Waals surface area contributed by atoms with Crippen LogP contribution in [0.2, 0.25) is 0 Å². The van der Waals surface area contributed by atoms with Gasteiger partial charge in [-0.3, -0.25) is 14.9 Å². The maximum Gasteiger partial charge on any atom is 0.406 e. The van der Waals surface area contributed by atoms with Crippen LogP contribution in [0.1, 0.15) is 11.3 Å². The van der Waals surface area contributed by atoms with Crippen LogP contribution in [0.3, 0.4) is 0 Å². The van der Waals surface area contributed by atoms with Crippen molar-refractivity contribution in [3.8, 4) is 5.75 Å². The standard InChI is InChI=1S/C16H15F3N2O5/c1-11-7-12(4-5-14(11)21(23)24)26-9-15(22)20(10-16(17,18)19)8-13-3-2-6-25-13/h2-7H,8-10H2,1H3. The molecule has 1 heterocycles. The first kappa shape index (κ1) is 19.3. The van der Waals surface area contributed by atoms with E-state index in [9.17, 15) is 28.1 Å². The molecule has 10 heteroatoms. The Labute approximate surface area is 146 Å². The van der Waals surface area contributed by atoms with Crippen molar-refractivity contribution >= 4 is 11.6 Å². The minimum atomic E-state index is -4.58. The lowest BCUT2D eigenvalue weighted by Crippen LogP contribution is -2.40. The lowest BCUT2D eigenvalue weighted by Gasteiger charge is -2.23. The average Bonchev–Trinajstić information content (AvgIpc) is 3.03. The number of nitro groups is 1. The second-order valence-electron chi connectivity index (χ2n) is 5.44.